The van der Waals surface area contributed by atoms with Crippen molar-refractivity contribution < 1.29 is 4.79 Å². The molecule has 144 valence electrons. The number of thiazole rings is 1. The third-order valence-electron chi connectivity index (χ3n) is 4.62. The Balaban J connectivity index is 0.00000169. The Morgan fingerprint density at radius 1 is 1.31 bits per heavy atom. The van der Waals surface area contributed by atoms with E-state index in [-0.39, 0.29) is 36.8 Å². The second-order valence-electron chi connectivity index (χ2n) is 6.37. The van der Waals surface area contributed by atoms with Crippen LogP contribution in [0.25, 0.3) is 10.6 Å². The Morgan fingerprint density at radius 3 is 2.73 bits per heavy atom. The SMILES string of the molecule is Cl.Cl.NCC(NC(=O)Cc1csc(-c2cccnc2)n1)C1CCCCC1. The fourth-order valence-corrected chi connectivity index (χ4v) is 4.15. The molecule has 0 saturated heterocycles. The largest absolute Gasteiger partial charge is 0.351 e. The second kappa shape index (κ2) is 11.5. The fourth-order valence-electron chi connectivity index (χ4n) is 3.34. The van der Waals surface area contributed by atoms with Crippen LogP contribution in [0.5, 0.6) is 0 Å². The molecule has 0 aromatic carbocycles. The normalized spacial score (nSPS) is 15.4. The maximum absolute atomic E-state index is 12.4. The van der Waals surface area contributed by atoms with Crippen molar-refractivity contribution in [1.82, 2.24) is 15.3 Å². The number of carbonyl (C=O) groups is 1. The van der Waals surface area contributed by atoms with Gasteiger partial charge < -0.3 is 11.1 Å². The van der Waals surface area contributed by atoms with Gasteiger partial charge >= 0.3 is 0 Å². The molecular weight excluding hydrogens is 391 g/mol. The Kier molecular flexibility index (Phi) is 10.1. The summed E-state index contributed by atoms with van der Waals surface area (Å²) < 4.78 is 0. The third-order valence-corrected chi connectivity index (χ3v) is 5.56. The summed E-state index contributed by atoms with van der Waals surface area (Å²) in [5.74, 6) is 0.535. The van der Waals surface area contributed by atoms with E-state index in [1.807, 2.05) is 17.5 Å². The molecule has 1 fully saturated rings. The first kappa shape index (κ1) is 22.8. The van der Waals surface area contributed by atoms with Gasteiger partial charge in [0.15, 0.2) is 0 Å². The van der Waals surface area contributed by atoms with E-state index < -0.39 is 0 Å². The lowest BCUT2D eigenvalue weighted by Crippen LogP contribution is -2.46. The molecule has 3 rings (SSSR count). The average molecular weight is 417 g/mol. The van der Waals surface area contributed by atoms with Gasteiger partial charge in [0.25, 0.3) is 0 Å². The number of nitrogens with two attached hydrogens (primary N) is 1. The highest BCUT2D eigenvalue weighted by Gasteiger charge is 2.24. The predicted octanol–water partition coefficient (Wildman–Crippen LogP) is 3.62. The first-order chi connectivity index (χ1) is 11.8. The number of hydrogen-bond acceptors (Lipinski definition) is 5. The molecule has 2 heterocycles. The fraction of sp³-hybridized carbons (Fsp3) is 0.500. The topological polar surface area (TPSA) is 80.9 Å². The second-order valence-corrected chi connectivity index (χ2v) is 7.23. The minimum atomic E-state index is 0. The lowest BCUT2D eigenvalue weighted by molar-refractivity contribution is -0.121. The quantitative estimate of drug-likeness (QED) is 0.753. The first-order valence-electron chi connectivity index (χ1n) is 8.60. The molecule has 8 heteroatoms. The van der Waals surface area contributed by atoms with E-state index in [1.54, 1.807) is 23.7 Å². The summed E-state index contributed by atoms with van der Waals surface area (Å²) in [5.41, 5.74) is 7.67. The Bertz CT molecular complexity index is 662. The lowest BCUT2D eigenvalue weighted by Gasteiger charge is -2.30. The van der Waals surface area contributed by atoms with Crippen molar-refractivity contribution in [2.75, 3.05) is 6.54 Å². The zero-order valence-electron chi connectivity index (χ0n) is 14.6. The standard InChI is InChI=1S/C18H24N4OS.2ClH/c19-10-16(13-5-2-1-3-6-13)22-17(23)9-15-12-24-18(21-15)14-7-4-8-20-11-14;;/h4,7-8,11-13,16H,1-3,5-6,9-10,19H2,(H,22,23);2*1H. The number of amides is 1. The van der Waals surface area contributed by atoms with Crippen LogP contribution in [0.3, 0.4) is 0 Å². The van der Waals surface area contributed by atoms with Crippen LogP contribution in [0.15, 0.2) is 29.9 Å². The van der Waals surface area contributed by atoms with Gasteiger partial charge in [0, 0.05) is 35.9 Å². The molecule has 1 aliphatic rings. The van der Waals surface area contributed by atoms with Crippen LogP contribution < -0.4 is 11.1 Å². The van der Waals surface area contributed by atoms with E-state index in [1.165, 1.54) is 32.1 Å². The molecule has 2 aromatic rings. The zero-order valence-corrected chi connectivity index (χ0v) is 17.0. The van der Waals surface area contributed by atoms with Crippen molar-refractivity contribution in [2.24, 2.45) is 11.7 Å². The summed E-state index contributed by atoms with van der Waals surface area (Å²) in [6, 6.07) is 3.96. The third kappa shape index (κ3) is 6.20. The summed E-state index contributed by atoms with van der Waals surface area (Å²) in [4.78, 5) is 21.0. The van der Waals surface area contributed by atoms with Gasteiger partial charge in [-0.25, -0.2) is 4.98 Å². The number of aromatic nitrogens is 2. The van der Waals surface area contributed by atoms with E-state index in [0.29, 0.717) is 18.9 Å². The van der Waals surface area contributed by atoms with Crippen molar-refractivity contribution in [2.45, 2.75) is 44.6 Å². The molecule has 0 radical (unpaired) electrons. The lowest BCUT2D eigenvalue weighted by atomic mass is 9.84. The monoisotopic (exact) mass is 416 g/mol. The minimum absolute atomic E-state index is 0. The van der Waals surface area contributed by atoms with Crippen LogP contribution in [0.1, 0.15) is 37.8 Å². The first-order valence-corrected chi connectivity index (χ1v) is 9.48. The summed E-state index contributed by atoms with van der Waals surface area (Å²) in [6.07, 6.45) is 9.97. The van der Waals surface area contributed by atoms with Crippen LogP contribution in [0.2, 0.25) is 0 Å². The van der Waals surface area contributed by atoms with E-state index in [4.69, 9.17) is 5.73 Å². The molecule has 0 aliphatic heterocycles. The van der Waals surface area contributed by atoms with Gasteiger partial charge in [0.05, 0.1) is 12.1 Å². The molecule has 2 aromatic heterocycles. The van der Waals surface area contributed by atoms with Crippen LogP contribution >= 0.6 is 36.2 Å². The van der Waals surface area contributed by atoms with Crippen molar-refractivity contribution in [3.05, 3.63) is 35.6 Å². The smallest absolute Gasteiger partial charge is 0.226 e. The molecule has 5 nitrogen and oxygen atoms in total. The van der Waals surface area contributed by atoms with Crippen molar-refractivity contribution in [3.63, 3.8) is 0 Å². The van der Waals surface area contributed by atoms with Crippen LogP contribution in [0.4, 0.5) is 0 Å². The molecule has 1 unspecified atom stereocenters. The van der Waals surface area contributed by atoms with Gasteiger partial charge in [-0.1, -0.05) is 19.3 Å². The molecule has 26 heavy (non-hydrogen) atoms. The van der Waals surface area contributed by atoms with E-state index in [9.17, 15) is 4.79 Å². The van der Waals surface area contributed by atoms with Crippen LogP contribution in [0, 0.1) is 5.92 Å². The minimum Gasteiger partial charge on any atom is -0.351 e. The highest BCUT2D eigenvalue weighted by molar-refractivity contribution is 7.13. The molecular formula is C18H26Cl2N4OS. The number of pyridine rings is 1. The molecule has 1 atom stereocenters. The van der Waals surface area contributed by atoms with Crippen molar-refractivity contribution in [1.29, 1.82) is 0 Å². The maximum atomic E-state index is 12.4. The summed E-state index contributed by atoms with van der Waals surface area (Å²) in [6.45, 7) is 0.508. The molecule has 0 spiro atoms. The summed E-state index contributed by atoms with van der Waals surface area (Å²) in [7, 11) is 0. The Labute approximate surface area is 171 Å². The van der Waals surface area contributed by atoms with E-state index in [2.05, 4.69) is 15.3 Å². The number of carbonyl (C=O) groups excluding carboxylic acids is 1. The number of nitrogens with one attached hydrogen (secondary N) is 1. The molecule has 1 aliphatic carbocycles. The van der Waals surface area contributed by atoms with E-state index in [0.717, 1.165) is 16.3 Å². The summed E-state index contributed by atoms with van der Waals surface area (Å²) >= 11 is 1.54. The van der Waals surface area contributed by atoms with E-state index >= 15 is 0 Å². The van der Waals surface area contributed by atoms with Crippen molar-refractivity contribution >= 4 is 42.1 Å². The highest BCUT2D eigenvalue weighted by Crippen LogP contribution is 2.26. The van der Waals surface area contributed by atoms with Gasteiger partial charge in [-0.05, 0) is 30.9 Å². The highest BCUT2D eigenvalue weighted by atomic mass is 35.5. The number of nitrogens with zero attached hydrogens (tertiary/aromatic N) is 2. The number of rotatable bonds is 6. The number of halogens is 2. The van der Waals surface area contributed by atoms with Gasteiger partial charge in [0.2, 0.25) is 5.91 Å². The Morgan fingerprint density at radius 2 is 2.08 bits per heavy atom. The maximum Gasteiger partial charge on any atom is 0.226 e. The zero-order chi connectivity index (χ0) is 16.8. The number of hydrogen-bond donors (Lipinski definition) is 2. The van der Waals surface area contributed by atoms with Crippen molar-refractivity contribution in [3.8, 4) is 10.6 Å². The molecule has 1 amide bonds. The van der Waals surface area contributed by atoms with Crippen LogP contribution in [-0.2, 0) is 11.2 Å². The summed E-state index contributed by atoms with van der Waals surface area (Å²) in [5, 5.41) is 5.96. The molecule has 1 saturated carbocycles. The van der Waals surface area contributed by atoms with Gasteiger partial charge in [-0.15, -0.1) is 36.2 Å². The van der Waals surface area contributed by atoms with Crippen LogP contribution in [-0.4, -0.2) is 28.5 Å². The Hall–Kier alpha value is -1.21. The molecule has 0 bridgehead atoms. The van der Waals surface area contributed by atoms with Gasteiger partial charge in [-0.2, -0.15) is 0 Å². The predicted molar refractivity (Wildman–Crippen MR) is 111 cm³/mol. The van der Waals surface area contributed by atoms with Gasteiger partial charge in [0.1, 0.15) is 5.01 Å². The van der Waals surface area contributed by atoms with Gasteiger partial charge in [-0.3, -0.25) is 9.78 Å². The molecule has 3 N–H and O–H groups in total. The average Bonchev–Trinajstić information content (AvgIpc) is 3.09.